The quantitative estimate of drug-likeness (QED) is 0.735. The molecule has 1 fully saturated rings. The molecule has 1 unspecified atom stereocenters. The second-order valence-corrected chi connectivity index (χ2v) is 7.39. The lowest BCUT2D eigenvalue weighted by atomic mass is 10.1. The van der Waals surface area contributed by atoms with E-state index in [4.69, 9.17) is 11.6 Å². The first-order valence-corrected chi connectivity index (χ1v) is 9.90. The fourth-order valence-corrected chi connectivity index (χ4v) is 3.72. The van der Waals surface area contributed by atoms with E-state index in [9.17, 15) is 4.79 Å². The van der Waals surface area contributed by atoms with Gasteiger partial charge < -0.3 is 5.32 Å². The summed E-state index contributed by atoms with van der Waals surface area (Å²) in [5.74, 6) is 0.138. The Hall–Kier alpha value is -1.84. The van der Waals surface area contributed by atoms with E-state index in [0.717, 1.165) is 31.0 Å². The van der Waals surface area contributed by atoms with Crippen LogP contribution in [0.25, 0.3) is 0 Å². The van der Waals surface area contributed by atoms with E-state index < -0.39 is 0 Å². The van der Waals surface area contributed by atoms with Crippen molar-refractivity contribution in [2.75, 3.05) is 19.6 Å². The van der Waals surface area contributed by atoms with Crippen LogP contribution < -0.4 is 5.32 Å². The molecule has 0 aromatic heterocycles. The van der Waals surface area contributed by atoms with Crippen molar-refractivity contribution in [1.29, 1.82) is 0 Å². The minimum absolute atomic E-state index is 0.138. The Morgan fingerprint density at radius 3 is 2.42 bits per heavy atom. The number of carbonyl (C=O) groups is 1. The van der Waals surface area contributed by atoms with Crippen molar-refractivity contribution in [3.63, 3.8) is 0 Å². The van der Waals surface area contributed by atoms with Crippen molar-refractivity contribution in [3.8, 4) is 0 Å². The lowest BCUT2D eigenvalue weighted by Gasteiger charge is -2.28. The van der Waals surface area contributed by atoms with Gasteiger partial charge in [-0.3, -0.25) is 9.69 Å². The third-order valence-corrected chi connectivity index (χ3v) is 5.29. The number of rotatable bonds is 8. The van der Waals surface area contributed by atoms with E-state index in [1.807, 2.05) is 30.3 Å². The lowest BCUT2D eigenvalue weighted by molar-refractivity contribution is -0.121. The minimum Gasteiger partial charge on any atom is -0.354 e. The maximum atomic E-state index is 12.3. The predicted octanol–water partition coefficient (Wildman–Crippen LogP) is 4.62. The molecule has 0 bridgehead atoms. The molecule has 0 spiro atoms. The molecular formula is C22H27ClN2O. The lowest BCUT2D eigenvalue weighted by Crippen LogP contribution is -2.36. The molecule has 2 aromatic rings. The number of amides is 1. The van der Waals surface area contributed by atoms with Gasteiger partial charge in [-0.05, 0) is 62.0 Å². The van der Waals surface area contributed by atoms with Crippen LogP contribution >= 0.6 is 11.6 Å². The van der Waals surface area contributed by atoms with E-state index >= 15 is 0 Å². The molecular weight excluding hydrogens is 344 g/mol. The largest absolute Gasteiger partial charge is 0.354 e. The molecule has 1 atom stereocenters. The number of likely N-dealkylation sites (tertiary alicyclic amines) is 1. The minimum atomic E-state index is 0.138. The number of carbonyl (C=O) groups excluding carboxylic acids is 1. The number of hydrogen-bond donors (Lipinski definition) is 1. The van der Waals surface area contributed by atoms with Crippen LogP contribution in [0, 0.1) is 0 Å². The first-order chi connectivity index (χ1) is 12.7. The highest BCUT2D eigenvalue weighted by Crippen LogP contribution is 2.24. The van der Waals surface area contributed by atoms with E-state index in [1.54, 1.807) is 0 Å². The molecule has 1 heterocycles. The summed E-state index contributed by atoms with van der Waals surface area (Å²) in [6, 6.07) is 18.6. The van der Waals surface area contributed by atoms with Gasteiger partial charge >= 0.3 is 0 Å². The molecule has 2 aromatic carbocycles. The highest BCUT2D eigenvalue weighted by Gasteiger charge is 2.23. The molecule has 26 heavy (non-hydrogen) atoms. The maximum absolute atomic E-state index is 12.3. The van der Waals surface area contributed by atoms with Gasteiger partial charge in [0.2, 0.25) is 5.91 Å². The third-order valence-electron chi connectivity index (χ3n) is 5.04. The molecule has 1 N–H and O–H groups in total. The first-order valence-electron chi connectivity index (χ1n) is 9.52. The van der Waals surface area contributed by atoms with Crippen LogP contribution in [-0.4, -0.2) is 30.4 Å². The van der Waals surface area contributed by atoms with Gasteiger partial charge in [0, 0.05) is 18.0 Å². The first kappa shape index (κ1) is 18.9. The van der Waals surface area contributed by atoms with Crippen molar-refractivity contribution in [1.82, 2.24) is 10.2 Å². The predicted molar refractivity (Wildman–Crippen MR) is 107 cm³/mol. The van der Waals surface area contributed by atoms with Crippen LogP contribution in [0.4, 0.5) is 0 Å². The highest BCUT2D eigenvalue weighted by molar-refractivity contribution is 6.30. The Morgan fingerprint density at radius 1 is 1.04 bits per heavy atom. The van der Waals surface area contributed by atoms with Gasteiger partial charge in [-0.1, -0.05) is 54.1 Å². The van der Waals surface area contributed by atoms with Crippen LogP contribution in [0.3, 0.4) is 0 Å². The Labute approximate surface area is 161 Å². The number of benzene rings is 2. The topological polar surface area (TPSA) is 32.3 Å². The van der Waals surface area contributed by atoms with E-state index in [0.29, 0.717) is 13.0 Å². The Bertz CT molecular complexity index is 681. The van der Waals surface area contributed by atoms with Gasteiger partial charge in [0.05, 0.1) is 6.04 Å². The van der Waals surface area contributed by atoms with Crippen molar-refractivity contribution < 1.29 is 4.79 Å². The SMILES string of the molecule is O=C(CCCc1ccc(Cl)cc1)NCC(c1ccccc1)N1CCCC1. The number of aryl methyl sites for hydroxylation is 1. The molecule has 0 radical (unpaired) electrons. The molecule has 138 valence electrons. The summed E-state index contributed by atoms with van der Waals surface area (Å²) < 4.78 is 0. The zero-order valence-corrected chi connectivity index (χ0v) is 15.9. The summed E-state index contributed by atoms with van der Waals surface area (Å²) in [7, 11) is 0. The summed E-state index contributed by atoms with van der Waals surface area (Å²) in [6.45, 7) is 2.92. The van der Waals surface area contributed by atoms with E-state index in [1.165, 1.54) is 24.0 Å². The molecule has 1 aliphatic rings. The van der Waals surface area contributed by atoms with Crippen LogP contribution in [0.1, 0.15) is 42.9 Å². The van der Waals surface area contributed by atoms with Crippen molar-refractivity contribution in [3.05, 3.63) is 70.7 Å². The number of nitrogens with one attached hydrogen (secondary N) is 1. The average molecular weight is 371 g/mol. The summed E-state index contributed by atoms with van der Waals surface area (Å²) in [4.78, 5) is 14.8. The van der Waals surface area contributed by atoms with Crippen molar-refractivity contribution in [2.24, 2.45) is 0 Å². The zero-order valence-electron chi connectivity index (χ0n) is 15.2. The zero-order chi connectivity index (χ0) is 18.2. The fourth-order valence-electron chi connectivity index (χ4n) is 3.59. The molecule has 4 heteroatoms. The molecule has 3 nitrogen and oxygen atoms in total. The molecule has 3 rings (SSSR count). The molecule has 1 aliphatic heterocycles. The maximum Gasteiger partial charge on any atom is 0.220 e. The average Bonchev–Trinajstić information content (AvgIpc) is 3.19. The summed E-state index contributed by atoms with van der Waals surface area (Å²) in [5, 5.41) is 3.90. The van der Waals surface area contributed by atoms with Gasteiger partial charge in [0.15, 0.2) is 0 Å². The fraction of sp³-hybridized carbons (Fsp3) is 0.409. The standard InChI is InChI=1S/C22H27ClN2O/c23-20-13-11-18(12-14-20)7-6-10-22(26)24-17-21(25-15-4-5-16-25)19-8-2-1-3-9-19/h1-3,8-9,11-14,21H,4-7,10,15-17H2,(H,24,26). The Morgan fingerprint density at radius 2 is 1.73 bits per heavy atom. The summed E-state index contributed by atoms with van der Waals surface area (Å²) in [5.41, 5.74) is 2.51. The smallest absolute Gasteiger partial charge is 0.220 e. The van der Waals surface area contributed by atoms with Gasteiger partial charge in [-0.15, -0.1) is 0 Å². The van der Waals surface area contributed by atoms with Crippen LogP contribution in [-0.2, 0) is 11.2 Å². The van der Waals surface area contributed by atoms with E-state index in [-0.39, 0.29) is 11.9 Å². The summed E-state index contributed by atoms with van der Waals surface area (Å²) in [6.07, 6.45) is 4.81. The monoisotopic (exact) mass is 370 g/mol. The molecule has 0 aliphatic carbocycles. The van der Waals surface area contributed by atoms with E-state index in [2.05, 4.69) is 34.5 Å². The third kappa shape index (κ3) is 5.58. The molecule has 1 amide bonds. The van der Waals surface area contributed by atoms with Crippen LogP contribution in [0.15, 0.2) is 54.6 Å². The van der Waals surface area contributed by atoms with Crippen LogP contribution in [0.2, 0.25) is 5.02 Å². The molecule has 0 saturated carbocycles. The van der Waals surface area contributed by atoms with Crippen molar-refractivity contribution in [2.45, 2.75) is 38.1 Å². The second kappa shape index (κ2) is 9.75. The number of halogens is 1. The number of nitrogens with zero attached hydrogens (tertiary/aromatic N) is 1. The molecule has 1 saturated heterocycles. The van der Waals surface area contributed by atoms with Gasteiger partial charge in [0.1, 0.15) is 0 Å². The van der Waals surface area contributed by atoms with Gasteiger partial charge in [0.25, 0.3) is 0 Å². The van der Waals surface area contributed by atoms with Gasteiger partial charge in [-0.2, -0.15) is 0 Å². The van der Waals surface area contributed by atoms with Crippen molar-refractivity contribution >= 4 is 17.5 Å². The number of hydrogen-bond acceptors (Lipinski definition) is 2. The van der Waals surface area contributed by atoms with Crippen LogP contribution in [0.5, 0.6) is 0 Å². The van der Waals surface area contributed by atoms with Gasteiger partial charge in [-0.25, -0.2) is 0 Å². The highest BCUT2D eigenvalue weighted by atomic mass is 35.5. The normalized spacial score (nSPS) is 15.7. The second-order valence-electron chi connectivity index (χ2n) is 6.95. The Kier molecular flexibility index (Phi) is 7.10. The summed E-state index contributed by atoms with van der Waals surface area (Å²) >= 11 is 5.90. The Balaban J connectivity index is 1.47.